The molecule has 0 unspecified atom stereocenters. The van der Waals surface area contributed by atoms with Crippen molar-refractivity contribution in [1.29, 1.82) is 0 Å². The molecule has 3 rings (SSSR count). The fourth-order valence-electron chi connectivity index (χ4n) is 2.39. The number of benzene rings is 1. The molecule has 6 heteroatoms. The minimum absolute atomic E-state index is 0.0174. The largest absolute Gasteiger partial charge is 0.369 e. The number of nitrogens with one attached hydrogen (secondary N) is 3. The summed E-state index contributed by atoms with van der Waals surface area (Å²) in [7, 11) is 0. The van der Waals surface area contributed by atoms with Gasteiger partial charge < -0.3 is 21.4 Å². The molecule has 0 saturated carbocycles. The van der Waals surface area contributed by atoms with Gasteiger partial charge in [-0.3, -0.25) is 4.79 Å². The molecule has 1 fully saturated rings. The molecule has 6 nitrogen and oxygen atoms in total. The number of aromatic nitrogens is 2. The van der Waals surface area contributed by atoms with Crippen molar-refractivity contribution in [2.24, 2.45) is 0 Å². The summed E-state index contributed by atoms with van der Waals surface area (Å²) >= 11 is 0. The summed E-state index contributed by atoms with van der Waals surface area (Å²) in [6, 6.07) is 7.53. The zero-order valence-electron chi connectivity index (χ0n) is 11.0. The van der Waals surface area contributed by atoms with Gasteiger partial charge >= 0.3 is 0 Å². The van der Waals surface area contributed by atoms with Crippen LogP contribution >= 0.6 is 0 Å². The third-order valence-corrected chi connectivity index (χ3v) is 3.41. The second-order valence-electron chi connectivity index (χ2n) is 4.90. The second-order valence-corrected chi connectivity index (χ2v) is 4.90. The van der Waals surface area contributed by atoms with Crippen molar-refractivity contribution in [3.8, 4) is 11.3 Å². The van der Waals surface area contributed by atoms with Crippen LogP contribution in [0.1, 0.15) is 12.8 Å². The standard InChI is InChI=1S/C14H17N5O/c15-14-17-8-12(19-14)9-3-1-4-10(7-9)18-13(20)11-5-2-6-16-11/h1,3-4,7-8,11,16H,2,5-6H2,(H,18,20)(H3,15,17,19)/t11-/m1/s1. The summed E-state index contributed by atoms with van der Waals surface area (Å²) in [5, 5.41) is 6.12. The Morgan fingerprint density at radius 3 is 3.05 bits per heavy atom. The zero-order chi connectivity index (χ0) is 13.9. The SMILES string of the molecule is Nc1ncc(-c2cccc(NC(=O)[C@H]3CCCN3)c2)[nH]1. The lowest BCUT2D eigenvalue weighted by Crippen LogP contribution is -2.35. The Bertz CT molecular complexity index is 616. The first-order valence-electron chi connectivity index (χ1n) is 6.67. The first-order valence-corrected chi connectivity index (χ1v) is 6.67. The zero-order valence-corrected chi connectivity index (χ0v) is 11.0. The molecule has 2 heterocycles. The molecule has 20 heavy (non-hydrogen) atoms. The highest BCUT2D eigenvalue weighted by Crippen LogP contribution is 2.21. The van der Waals surface area contributed by atoms with Crippen molar-refractivity contribution in [2.75, 3.05) is 17.6 Å². The van der Waals surface area contributed by atoms with E-state index in [9.17, 15) is 4.79 Å². The lowest BCUT2D eigenvalue weighted by atomic mass is 10.1. The number of hydrogen-bond donors (Lipinski definition) is 4. The first kappa shape index (κ1) is 12.7. The molecule has 2 aromatic rings. The second kappa shape index (κ2) is 5.34. The van der Waals surface area contributed by atoms with Crippen molar-refractivity contribution in [2.45, 2.75) is 18.9 Å². The van der Waals surface area contributed by atoms with Crippen LogP contribution in [0, 0.1) is 0 Å². The van der Waals surface area contributed by atoms with Gasteiger partial charge in [-0.15, -0.1) is 0 Å². The minimum atomic E-state index is -0.0820. The average molecular weight is 271 g/mol. The maximum absolute atomic E-state index is 12.1. The fraction of sp³-hybridized carbons (Fsp3) is 0.286. The fourth-order valence-corrected chi connectivity index (χ4v) is 2.39. The van der Waals surface area contributed by atoms with Crippen LogP contribution in [0.15, 0.2) is 30.5 Å². The number of hydrogen-bond acceptors (Lipinski definition) is 4. The van der Waals surface area contributed by atoms with E-state index in [1.54, 1.807) is 6.20 Å². The number of nitrogens with zero attached hydrogens (tertiary/aromatic N) is 1. The number of nitrogens with two attached hydrogens (primary N) is 1. The van der Waals surface area contributed by atoms with E-state index in [4.69, 9.17) is 5.73 Å². The normalized spacial score (nSPS) is 18.1. The summed E-state index contributed by atoms with van der Waals surface area (Å²) in [5.74, 6) is 0.397. The van der Waals surface area contributed by atoms with E-state index >= 15 is 0 Å². The van der Waals surface area contributed by atoms with Gasteiger partial charge in [-0.05, 0) is 31.5 Å². The maximum Gasteiger partial charge on any atom is 0.241 e. The number of aromatic amines is 1. The average Bonchev–Trinajstić information content (AvgIpc) is 3.10. The highest BCUT2D eigenvalue weighted by atomic mass is 16.2. The minimum Gasteiger partial charge on any atom is -0.369 e. The van der Waals surface area contributed by atoms with Crippen LogP contribution in [-0.4, -0.2) is 28.5 Å². The number of anilines is 2. The Labute approximate surface area is 116 Å². The summed E-state index contributed by atoms with van der Waals surface area (Å²) in [6.45, 7) is 0.908. The molecule has 1 aromatic heterocycles. The van der Waals surface area contributed by atoms with E-state index in [-0.39, 0.29) is 11.9 Å². The lowest BCUT2D eigenvalue weighted by molar-refractivity contribution is -0.117. The third-order valence-electron chi connectivity index (χ3n) is 3.41. The van der Waals surface area contributed by atoms with Gasteiger partial charge in [-0.25, -0.2) is 4.98 Å². The Balaban J connectivity index is 1.75. The molecule has 1 aromatic carbocycles. The Morgan fingerprint density at radius 1 is 1.45 bits per heavy atom. The van der Waals surface area contributed by atoms with E-state index in [2.05, 4.69) is 20.6 Å². The molecule has 0 radical (unpaired) electrons. The number of imidazole rings is 1. The van der Waals surface area contributed by atoms with Crippen LogP contribution in [0.4, 0.5) is 11.6 Å². The summed E-state index contributed by atoms with van der Waals surface area (Å²) < 4.78 is 0. The predicted molar refractivity (Wildman–Crippen MR) is 78.1 cm³/mol. The van der Waals surface area contributed by atoms with Crippen molar-refractivity contribution in [1.82, 2.24) is 15.3 Å². The first-order chi connectivity index (χ1) is 9.72. The number of nitrogen functional groups attached to an aromatic ring is 1. The molecule has 1 atom stereocenters. The highest BCUT2D eigenvalue weighted by molar-refractivity contribution is 5.95. The van der Waals surface area contributed by atoms with E-state index < -0.39 is 0 Å². The molecular weight excluding hydrogens is 254 g/mol. The van der Waals surface area contributed by atoms with Gasteiger partial charge in [0, 0.05) is 11.3 Å². The summed E-state index contributed by atoms with van der Waals surface area (Å²) in [5.41, 5.74) is 8.11. The van der Waals surface area contributed by atoms with Crippen molar-refractivity contribution in [3.63, 3.8) is 0 Å². The van der Waals surface area contributed by atoms with E-state index in [0.29, 0.717) is 5.95 Å². The van der Waals surface area contributed by atoms with Gasteiger partial charge in [-0.1, -0.05) is 12.1 Å². The van der Waals surface area contributed by atoms with Gasteiger partial charge in [0.25, 0.3) is 0 Å². The van der Waals surface area contributed by atoms with Crippen LogP contribution in [0.5, 0.6) is 0 Å². The lowest BCUT2D eigenvalue weighted by Gasteiger charge is -2.11. The molecule has 1 aliphatic heterocycles. The van der Waals surface area contributed by atoms with Gasteiger partial charge in [0.2, 0.25) is 5.91 Å². The number of H-pyrrole nitrogens is 1. The number of rotatable bonds is 3. The van der Waals surface area contributed by atoms with Gasteiger partial charge in [0.1, 0.15) is 0 Å². The molecule has 0 bridgehead atoms. The monoisotopic (exact) mass is 271 g/mol. The quantitative estimate of drug-likeness (QED) is 0.677. The summed E-state index contributed by atoms with van der Waals surface area (Å²) in [6.07, 6.45) is 3.61. The molecule has 1 amide bonds. The van der Waals surface area contributed by atoms with Crippen molar-refractivity contribution in [3.05, 3.63) is 30.5 Å². The van der Waals surface area contributed by atoms with Crippen LogP contribution in [0.25, 0.3) is 11.3 Å². The molecule has 1 aliphatic rings. The predicted octanol–water partition coefficient (Wildman–Crippen LogP) is 1.35. The molecule has 5 N–H and O–H groups in total. The number of amides is 1. The van der Waals surface area contributed by atoms with Crippen LogP contribution < -0.4 is 16.4 Å². The van der Waals surface area contributed by atoms with Crippen LogP contribution in [0.2, 0.25) is 0 Å². The van der Waals surface area contributed by atoms with Gasteiger partial charge in [0.15, 0.2) is 5.95 Å². The number of carbonyl (C=O) groups excluding carboxylic acids is 1. The van der Waals surface area contributed by atoms with Crippen LogP contribution in [-0.2, 0) is 4.79 Å². The maximum atomic E-state index is 12.1. The Hall–Kier alpha value is -2.34. The Morgan fingerprint density at radius 2 is 2.35 bits per heavy atom. The van der Waals surface area contributed by atoms with Crippen molar-refractivity contribution < 1.29 is 4.79 Å². The topological polar surface area (TPSA) is 95.8 Å². The third kappa shape index (κ3) is 2.65. The van der Waals surface area contributed by atoms with Crippen LogP contribution in [0.3, 0.4) is 0 Å². The van der Waals surface area contributed by atoms with E-state index in [1.807, 2.05) is 24.3 Å². The molecule has 0 spiro atoms. The summed E-state index contributed by atoms with van der Waals surface area (Å²) in [4.78, 5) is 19.0. The van der Waals surface area contributed by atoms with E-state index in [0.717, 1.165) is 36.3 Å². The molecule has 104 valence electrons. The molecule has 0 aliphatic carbocycles. The molecule has 1 saturated heterocycles. The Kier molecular flexibility index (Phi) is 3.39. The smallest absolute Gasteiger partial charge is 0.241 e. The van der Waals surface area contributed by atoms with Crippen molar-refractivity contribution >= 4 is 17.5 Å². The molecular formula is C14H17N5O. The van der Waals surface area contributed by atoms with Gasteiger partial charge in [0.05, 0.1) is 17.9 Å². The number of carbonyl (C=O) groups is 1. The van der Waals surface area contributed by atoms with E-state index in [1.165, 1.54) is 0 Å². The highest BCUT2D eigenvalue weighted by Gasteiger charge is 2.21. The van der Waals surface area contributed by atoms with Gasteiger partial charge in [-0.2, -0.15) is 0 Å².